The maximum Gasteiger partial charge on any atom is 0.262 e. The molecule has 0 aliphatic heterocycles. The van der Waals surface area contributed by atoms with Crippen molar-refractivity contribution in [3.8, 4) is 5.75 Å². The maximum atomic E-state index is 12.2. The number of benzene rings is 2. The molecule has 2 aromatic rings. The van der Waals surface area contributed by atoms with Gasteiger partial charge in [-0.1, -0.05) is 32.0 Å². The van der Waals surface area contributed by atoms with Crippen molar-refractivity contribution in [1.82, 2.24) is 5.32 Å². The third-order valence-electron chi connectivity index (χ3n) is 4.10. The van der Waals surface area contributed by atoms with E-state index in [1.807, 2.05) is 38.1 Å². The lowest BCUT2D eigenvalue weighted by Gasteiger charge is -2.12. The third-order valence-corrected chi connectivity index (χ3v) is 4.10. The Labute approximate surface area is 154 Å². The van der Waals surface area contributed by atoms with Crippen LogP contribution in [0.1, 0.15) is 43.1 Å². The summed E-state index contributed by atoms with van der Waals surface area (Å²) in [6.45, 7) is 5.96. The van der Waals surface area contributed by atoms with Gasteiger partial charge in [0.1, 0.15) is 5.75 Å². The Hall–Kier alpha value is -2.82. The van der Waals surface area contributed by atoms with Crippen LogP contribution in [0.2, 0.25) is 0 Å². The fraction of sp³-hybridized carbons (Fsp3) is 0.333. The molecular weight excluding hydrogens is 328 g/mol. The van der Waals surface area contributed by atoms with E-state index < -0.39 is 0 Å². The van der Waals surface area contributed by atoms with Gasteiger partial charge in [-0.2, -0.15) is 0 Å². The van der Waals surface area contributed by atoms with Crippen LogP contribution in [0.15, 0.2) is 48.5 Å². The minimum Gasteiger partial charge on any atom is -0.484 e. The molecule has 26 heavy (non-hydrogen) atoms. The topological polar surface area (TPSA) is 67.4 Å². The number of hydrogen-bond donors (Lipinski definition) is 2. The number of amides is 2. The zero-order valence-corrected chi connectivity index (χ0v) is 15.5. The Balaban J connectivity index is 1.89. The average molecular weight is 354 g/mol. The largest absolute Gasteiger partial charge is 0.484 e. The number of nitrogens with one attached hydrogen (secondary N) is 2. The van der Waals surface area contributed by atoms with Crippen molar-refractivity contribution in [3.63, 3.8) is 0 Å². The molecule has 0 fully saturated rings. The molecule has 0 radical (unpaired) electrons. The summed E-state index contributed by atoms with van der Waals surface area (Å²) in [4.78, 5) is 24.2. The van der Waals surface area contributed by atoms with E-state index in [0.29, 0.717) is 17.0 Å². The highest BCUT2D eigenvalue weighted by Gasteiger charge is 2.10. The van der Waals surface area contributed by atoms with Crippen LogP contribution in [0.4, 0.5) is 5.69 Å². The minimum atomic E-state index is -0.274. The van der Waals surface area contributed by atoms with Crippen LogP contribution in [0.5, 0.6) is 5.75 Å². The predicted molar refractivity (Wildman–Crippen MR) is 104 cm³/mol. The van der Waals surface area contributed by atoms with Gasteiger partial charge in [0, 0.05) is 17.3 Å². The van der Waals surface area contributed by atoms with Crippen molar-refractivity contribution in [3.05, 3.63) is 59.7 Å². The average Bonchev–Trinajstić information content (AvgIpc) is 2.66. The summed E-state index contributed by atoms with van der Waals surface area (Å²) in [7, 11) is 0. The van der Waals surface area contributed by atoms with E-state index in [9.17, 15) is 9.59 Å². The zero-order valence-electron chi connectivity index (χ0n) is 15.5. The smallest absolute Gasteiger partial charge is 0.262 e. The first kappa shape index (κ1) is 19.5. The molecule has 1 unspecified atom stereocenters. The molecule has 0 aliphatic rings. The van der Waals surface area contributed by atoms with E-state index in [1.54, 1.807) is 24.3 Å². The second-order valence-electron chi connectivity index (χ2n) is 6.20. The van der Waals surface area contributed by atoms with Gasteiger partial charge in [-0.3, -0.25) is 9.59 Å². The predicted octanol–water partition coefficient (Wildman–Crippen LogP) is 3.79. The summed E-state index contributed by atoms with van der Waals surface area (Å²) in [5.41, 5.74) is 2.30. The van der Waals surface area contributed by atoms with Crippen molar-refractivity contribution >= 4 is 17.5 Å². The molecular formula is C21H26N2O3. The lowest BCUT2D eigenvalue weighted by atomic mass is 10.1. The van der Waals surface area contributed by atoms with Crippen LogP contribution in [-0.2, 0) is 11.2 Å². The molecule has 2 N–H and O–H groups in total. The van der Waals surface area contributed by atoms with Crippen LogP contribution in [0.3, 0.4) is 0 Å². The van der Waals surface area contributed by atoms with E-state index in [0.717, 1.165) is 12.8 Å². The molecule has 0 aromatic heterocycles. The van der Waals surface area contributed by atoms with Crippen LogP contribution in [-0.4, -0.2) is 24.5 Å². The van der Waals surface area contributed by atoms with Gasteiger partial charge in [0.05, 0.1) is 0 Å². The Morgan fingerprint density at radius 2 is 1.81 bits per heavy atom. The SMILES string of the molecule is CCc1ccc(OCC(=O)Nc2cccc(C(=O)NC(C)CC)c2)cc1. The van der Waals surface area contributed by atoms with Crippen molar-refractivity contribution in [2.75, 3.05) is 11.9 Å². The van der Waals surface area contributed by atoms with Gasteiger partial charge in [0.2, 0.25) is 0 Å². The first-order valence-electron chi connectivity index (χ1n) is 8.94. The van der Waals surface area contributed by atoms with E-state index >= 15 is 0 Å². The Bertz CT molecular complexity index is 741. The Morgan fingerprint density at radius 1 is 1.08 bits per heavy atom. The zero-order chi connectivity index (χ0) is 18.9. The maximum absolute atomic E-state index is 12.2. The number of anilines is 1. The van der Waals surface area contributed by atoms with Crippen molar-refractivity contribution in [1.29, 1.82) is 0 Å². The van der Waals surface area contributed by atoms with E-state index in [1.165, 1.54) is 5.56 Å². The summed E-state index contributed by atoms with van der Waals surface area (Å²) in [5, 5.41) is 5.66. The summed E-state index contributed by atoms with van der Waals surface area (Å²) >= 11 is 0. The number of ether oxygens (including phenoxy) is 1. The molecule has 0 heterocycles. The van der Waals surface area contributed by atoms with Crippen LogP contribution < -0.4 is 15.4 Å². The minimum absolute atomic E-state index is 0.0885. The van der Waals surface area contributed by atoms with Gasteiger partial charge in [-0.05, 0) is 55.7 Å². The number of carbonyl (C=O) groups excluding carboxylic acids is 2. The quantitative estimate of drug-likeness (QED) is 0.758. The molecule has 2 amide bonds. The van der Waals surface area contributed by atoms with E-state index in [2.05, 4.69) is 17.6 Å². The van der Waals surface area contributed by atoms with Crippen molar-refractivity contribution in [2.45, 2.75) is 39.7 Å². The van der Waals surface area contributed by atoms with Crippen LogP contribution in [0, 0.1) is 0 Å². The number of rotatable bonds is 8. The first-order valence-corrected chi connectivity index (χ1v) is 8.94. The molecule has 0 spiro atoms. The normalized spacial score (nSPS) is 11.5. The lowest BCUT2D eigenvalue weighted by Crippen LogP contribution is -2.32. The van der Waals surface area contributed by atoms with Gasteiger partial charge in [-0.25, -0.2) is 0 Å². The van der Waals surface area contributed by atoms with Crippen LogP contribution >= 0.6 is 0 Å². The Morgan fingerprint density at radius 3 is 2.46 bits per heavy atom. The van der Waals surface area contributed by atoms with Gasteiger partial charge in [0.25, 0.3) is 11.8 Å². The summed E-state index contributed by atoms with van der Waals surface area (Å²) in [6.07, 6.45) is 1.82. The van der Waals surface area contributed by atoms with Gasteiger partial charge in [0.15, 0.2) is 6.61 Å². The molecule has 5 nitrogen and oxygen atoms in total. The molecule has 0 saturated heterocycles. The van der Waals surface area contributed by atoms with Gasteiger partial charge >= 0.3 is 0 Å². The highest BCUT2D eigenvalue weighted by molar-refractivity contribution is 5.97. The molecule has 0 aliphatic carbocycles. The van der Waals surface area contributed by atoms with Crippen molar-refractivity contribution < 1.29 is 14.3 Å². The van der Waals surface area contributed by atoms with Gasteiger partial charge < -0.3 is 15.4 Å². The highest BCUT2D eigenvalue weighted by Crippen LogP contribution is 2.14. The molecule has 138 valence electrons. The second-order valence-corrected chi connectivity index (χ2v) is 6.20. The van der Waals surface area contributed by atoms with Gasteiger partial charge in [-0.15, -0.1) is 0 Å². The standard InChI is InChI=1S/C21H26N2O3/c1-4-15(3)22-21(25)17-7-6-8-18(13-17)23-20(24)14-26-19-11-9-16(5-2)10-12-19/h6-13,15H,4-5,14H2,1-3H3,(H,22,25)(H,23,24). The summed E-state index contributed by atoms with van der Waals surface area (Å²) in [6, 6.07) is 14.6. The highest BCUT2D eigenvalue weighted by atomic mass is 16.5. The first-order chi connectivity index (χ1) is 12.5. The van der Waals surface area contributed by atoms with Crippen molar-refractivity contribution in [2.24, 2.45) is 0 Å². The van der Waals surface area contributed by atoms with E-state index in [4.69, 9.17) is 4.74 Å². The third kappa shape index (κ3) is 5.92. The lowest BCUT2D eigenvalue weighted by molar-refractivity contribution is -0.118. The van der Waals surface area contributed by atoms with E-state index in [-0.39, 0.29) is 24.5 Å². The fourth-order valence-electron chi connectivity index (χ4n) is 2.31. The molecule has 2 rings (SSSR count). The number of carbonyl (C=O) groups is 2. The molecule has 0 saturated carbocycles. The van der Waals surface area contributed by atoms with Crippen LogP contribution in [0.25, 0.3) is 0 Å². The fourth-order valence-corrected chi connectivity index (χ4v) is 2.31. The summed E-state index contributed by atoms with van der Waals surface area (Å²) in [5.74, 6) is 0.228. The monoisotopic (exact) mass is 354 g/mol. The molecule has 0 bridgehead atoms. The molecule has 1 atom stereocenters. The second kappa shape index (κ2) is 9.61. The number of aryl methyl sites for hydroxylation is 1. The number of hydrogen-bond acceptors (Lipinski definition) is 3. The Kier molecular flexibility index (Phi) is 7.21. The molecule has 5 heteroatoms. The molecule has 2 aromatic carbocycles. The summed E-state index contributed by atoms with van der Waals surface area (Å²) < 4.78 is 5.49.